The third-order valence-electron chi connectivity index (χ3n) is 22.2. The SMILES string of the molecule is c1ccc(-c2ccc([Si]([O][V]([O][Si](c3ccc(-c4ccccc4)cc3)(c3ccc(-c4ccccc4)cc3)c3ccc(-c4ccccc4)cc3)[O][Si](c3ccc(-c4ccccc4)cc3)(c3ccc(-c4ccccc4)cc3)c3ccc(-c4ccccc4)cc3)(c3ccc(-c4ccccc4)cc3)c3ccc(-c4ccccc4)cc3)cc2)cc1. The third-order valence-corrected chi connectivity index (χ3v) is 39.8. The third kappa shape index (κ3) is 15.4. The summed E-state index contributed by atoms with van der Waals surface area (Å²) in [4.78, 5) is 0. The van der Waals surface area contributed by atoms with Crippen molar-refractivity contribution in [1.82, 2.24) is 0 Å². The Hall–Kier alpha value is -12.9. The number of rotatable bonds is 24. The monoisotopic (exact) mass is 1560 g/mol. The molecule has 0 unspecified atom stereocenters. The van der Waals surface area contributed by atoms with Crippen LogP contribution in [0.4, 0.5) is 0 Å². The van der Waals surface area contributed by atoms with Crippen LogP contribution < -0.4 is 46.7 Å². The van der Waals surface area contributed by atoms with E-state index in [4.69, 9.17) is 0 Å². The van der Waals surface area contributed by atoms with Gasteiger partial charge in [-0.25, -0.2) is 0 Å². The van der Waals surface area contributed by atoms with Crippen molar-refractivity contribution in [2.75, 3.05) is 0 Å². The van der Waals surface area contributed by atoms with Crippen LogP contribution in [-0.2, 0) is 26.3 Å². The molecule has 7 heteroatoms. The maximum atomic E-state index is 9.34. The van der Waals surface area contributed by atoms with Crippen LogP contribution in [0, 0.1) is 0 Å². The molecule has 548 valence electrons. The molecule has 0 heterocycles. The van der Waals surface area contributed by atoms with Gasteiger partial charge in [-0.05, 0) is 0 Å². The summed E-state index contributed by atoms with van der Waals surface area (Å²) in [6, 6.07) is 180. The molecule has 115 heavy (non-hydrogen) atoms. The van der Waals surface area contributed by atoms with Crippen molar-refractivity contribution in [3.8, 4) is 100 Å². The fourth-order valence-electron chi connectivity index (χ4n) is 16.1. The van der Waals surface area contributed by atoms with Crippen molar-refractivity contribution in [2.24, 2.45) is 0 Å². The van der Waals surface area contributed by atoms with Gasteiger partial charge in [0.25, 0.3) is 0 Å². The summed E-state index contributed by atoms with van der Waals surface area (Å²) in [7, 11) is -12.4. The molecule has 0 atom stereocenters. The molecular weight excluding hydrogens is 1480 g/mol. The Bertz CT molecular complexity index is 4950. The molecule has 0 aromatic heterocycles. The van der Waals surface area contributed by atoms with Crippen molar-refractivity contribution < 1.29 is 26.3 Å². The number of hydrogen-bond donors (Lipinski definition) is 0. The molecule has 0 fully saturated rings. The Balaban J connectivity index is 0.964. The van der Waals surface area contributed by atoms with Gasteiger partial charge in [-0.1, -0.05) is 0 Å². The first kappa shape index (κ1) is 73.5. The molecule has 0 aliphatic rings. The standard InChI is InChI=1S/3C36H27OSi.V/c3*37-38(34-22-16-31(17-23-34)28-10-4-1-5-11-28,35-24-18-32(19-25-35)29-12-6-2-7-13-29)36-26-20-33(21-27-36)30-14-8-3-9-15-30;/h3*1-27H;/q3*-1;+3. The van der Waals surface area contributed by atoms with Crippen molar-refractivity contribution >= 4 is 71.6 Å². The predicted molar refractivity (Wildman–Crippen MR) is 484 cm³/mol. The van der Waals surface area contributed by atoms with Crippen LogP contribution in [0.25, 0.3) is 100 Å². The van der Waals surface area contributed by atoms with Crippen LogP contribution in [0.5, 0.6) is 0 Å². The minimum absolute atomic E-state index is 1.04. The molecule has 0 N–H and O–H groups in total. The van der Waals surface area contributed by atoms with Crippen molar-refractivity contribution in [3.63, 3.8) is 0 Å². The van der Waals surface area contributed by atoms with Crippen LogP contribution in [-0.4, -0.2) is 25.0 Å². The van der Waals surface area contributed by atoms with Crippen LogP contribution in [0.3, 0.4) is 0 Å². The second-order valence-corrected chi connectivity index (χ2v) is 42.1. The molecule has 0 spiro atoms. The quantitative estimate of drug-likeness (QED) is 0.0446. The van der Waals surface area contributed by atoms with E-state index in [0.29, 0.717) is 0 Å². The molecule has 0 saturated carbocycles. The molecule has 0 radical (unpaired) electrons. The fraction of sp³-hybridized carbons (Fsp3) is 0. The molecule has 0 aliphatic heterocycles. The van der Waals surface area contributed by atoms with E-state index in [-0.39, 0.29) is 0 Å². The van der Waals surface area contributed by atoms with E-state index < -0.39 is 41.2 Å². The fourth-order valence-corrected chi connectivity index (χ4v) is 36.1. The van der Waals surface area contributed by atoms with Crippen LogP contribution >= 0.6 is 0 Å². The van der Waals surface area contributed by atoms with E-state index >= 15 is 0 Å². The average molecular weight is 1560 g/mol. The predicted octanol–water partition coefficient (Wildman–Crippen LogP) is 21.4. The van der Waals surface area contributed by atoms with Crippen molar-refractivity contribution in [1.29, 1.82) is 0 Å². The van der Waals surface area contributed by atoms with Crippen LogP contribution in [0.15, 0.2) is 491 Å². The van der Waals surface area contributed by atoms with Gasteiger partial charge >= 0.3 is 689 Å². The van der Waals surface area contributed by atoms with E-state index in [1.54, 1.807) is 0 Å². The summed E-state index contributed by atoms with van der Waals surface area (Å²) in [6.45, 7) is 0. The summed E-state index contributed by atoms with van der Waals surface area (Å²) >= 11 is -4.23. The van der Waals surface area contributed by atoms with E-state index in [0.717, 1.165) is 147 Å². The van der Waals surface area contributed by atoms with Crippen molar-refractivity contribution in [3.05, 3.63) is 491 Å². The van der Waals surface area contributed by atoms with Gasteiger partial charge < -0.3 is 0 Å². The molecule has 0 bridgehead atoms. The molecule has 0 amide bonds. The topological polar surface area (TPSA) is 27.7 Å². The van der Waals surface area contributed by atoms with E-state index in [2.05, 4.69) is 491 Å². The molecule has 18 aromatic carbocycles. The zero-order valence-electron chi connectivity index (χ0n) is 63.4. The maximum absolute atomic E-state index is 9.34. The number of hydrogen-bond acceptors (Lipinski definition) is 3. The average Bonchev–Trinajstić information content (AvgIpc) is 0.721. The molecule has 0 saturated heterocycles. The second kappa shape index (κ2) is 33.8. The summed E-state index contributed by atoms with van der Waals surface area (Å²) < 4.78 is 28.0. The summed E-state index contributed by atoms with van der Waals surface area (Å²) in [6.07, 6.45) is 0. The zero-order chi connectivity index (χ0) is 77.1. The summed E-state index contributed by atoms with van der Waals surface area (Å²) in [5, 5.41) is 9.35. The summed E-state index contributed by atoms with van der Waals surface area (Å²) in [5.41, 5.74) is 20.0. The van der Waals surface area contributed by atoms with Gasteiger partial charge in [-0.3, -0.25) is 0 Å². The van der Waals surface area contributed by atoms with Crippen molar-refractivity contribution in [2.45, 2.75) is 0 Å². The molecule has 3 nitrogen and oxygen atoms in total. The van der Waals surface area contributed by atoms with Gasteiger partial charge in [-0.2, -0.15) is 0 Å². The van der Waals surface area contributed by atoms with E-state index in [1.165, 1.54) is 0 Å². The first-order chi connectivity index (χ1) is 56.9. The molecular formula is C108H81O3Si3V. The Kier molecular flexibility index (Phi) is 21.6. The van der Waals surface area contributed by atoms with Crippen LogP contribution in [0.1, 0.15) is 0 Å². The Morgan fingerprint density at radius 2 is 0.191 bits per heavy atom. The summed E-state index contributed by atoms with van der Waals surface area (Å²) in [5.74, 6) is 0. The molecule has 18 rings (SSSR count). The van der Waals surface area contributed by atoms with Gasteiger partial charge in [0.05, 0.1) is 0 Å². The second-order valence-electron chi connectivity index (χ2n) is 29.0. The Morgan fingerprint density at radius 3 is 0.287 bits per heavy atom. The normalized spacial score (nSPS) is 11.7. The zero-order valence-corrected chi connectivity index (χ0v) is 67.8. The van der Waals surface area contributed by atoms with Gasteiger partial charge in [0.2, 0.25) is 0 Å². The van der Waals surface area contributed by atoms with E-state index in [1.807, 2.05) is 0 Å². The molecule has 0 aliphatic carbocycles. The van der Waals surface area contributed by atoms with E-state index in [9.17, 15) is 10.1 Å². The van der Waals surface area contributed by atoms with Gasteiger partial charge in [0.15, 0.2) is 0 Å². The minimum atomic E-state index is -4.23. The first-order valence-corrected chi connectivity index (χ1v) is 46.7. The van der Waals surface area contributed by atoms with Crippen LogP contribution in [0.2, 0.25) is 0 Å². The van der Waals surface area contributed by atoms with Gasteiger partial charge in [0, 0.05) is 0 Å². The molecule has 18 aromatic rings. The Labute approximate surface area is 684 Å². The number of benzene rings is 18. The first-order valence-electron chi connectivity index (χ1n) is 39.2. The van der Waals surface area contributed by atoms with Gasteiger partial charge in [-0.15, -0.1) is 0 Å². The Morgan fingerprint density at radius 1 is 0.104 bits per heavy atom. The van der Waals surface area contributed by atoms with Gasteiger partial charge in [0.1, 0.15) is 0 Å².